The topological polar surface area (TPSA) is 81.1 Å². The molecule has 0 unspecified atom stereocenters. The van der Waals surface area contributed by atoms with Crippen LogP contribution in [0.15, 0.2) is 23.3 Å². The molecule has 2 aliphatic heterocycles. The molecule has 0 radical (unpaired) electrons. The number of halogens is 1. The Morgan fingerprint density at radius 2 is 1.92 bits per heavy atom. The van der Waals surface area contributed by atoms with Crippen molar-refractivity contribution in [1.82, 2.24) is 9.40 Å². The van der Waals surface area contributed by atoms with Gasteiger partial charge in [-0.2, -0.15) is 9.52 Å². The first kappa shape index (κ1) is 16.1. The Labute approximate surface area is 155 Å². The second-order valence-corrected chi connectivity index (χ2v) is 9.09. The quantitative estimate of drug-likeness (QED) is 0.748. The van der Waals surface area contributed by atoms with Crippen molar-refractivity contribution < 1.29 is 17.9 Å². The van der Waals surface area contributed by atoms with E-state index in [2.05, 4.69) is 10.1 Å². The SMILES string of the molecule is CS(=O)(=O)N1N=C(C2CC2)C[C@H]1c1cc2cc3c(cc2nc1Cl)OCO3. The van der Waals surface area contributed by atoms with Crippen molar-refractivity contribution in [3.63, 3.8) is 0 Å². The number of hydrogen-bond donors (Lipinski definition) is 0. The number of ether oxygens (including phenoxy) is 2. The van der Waals surface area contributed by atoms with Crippen LogP contribution in [0.2, 0.25) is 5.15 Å². The summed E-state index contributed by atoms with van der Waals surface area (Å²) < 4.78 is 36.5. The Bertz CT molecular complexity index is 1070. The van der Waals surface area contributed by atoms with Gasteiger partial charge in [-0.25, -0.2) is 13.4 Å². The number of hydrazone groups is 1. The van der Waals surface area contributed by atoms with E-state index in [1.807, 2.05) is 12.1 Å². The van der Waals surface area contributed by atoms with Gasteiger partial charge in [0.1, 0.15) is 5.15 Å². The van der Waals surface area contributed by atoms with Gasteiger partial charge in [0.05, 0.1) is 17.8 Å². The predicted octanol–water partition coefficient (Wildman–Crippen LogP) is 3.09. The number of fused-ring (bicyclic) bond motifs is 2. The van der Waals surface area contributed by atoms with Crippen LogP contribution in [0.25, 0.3) is 10.9 Å². The average Bonchev–Trinajstić information content (AvgIpc) is 3.15. The van der Waals surface area contributed by atoms with Gasteiger partial charge >= 0.3 is 0 Å². The van der Waals surface area contributed by atoms with E-state index < -0.39 is 16.1 Å². The molecule has 3 aliphatic rings. The van der Waals surface area contributed by atoms with Crippen LogP contribution in [0.5, 0.6) is 11.5 Å². The zero-order chi connectivity index (χ0) is 18.1. The normalized spacial score (nSPS) is 22.2. The van der Waals surface area contributed by atoms with Gasteiger partial charge in [0, 0.05) is 29.1 Å². The lowest BCUT2D eigenvalue weighted by Crippen LogP contribution is -2.26. The molecule has 9 heteroatoms. The van der Waals surface area contributed by atoms with Crippen molar-refractivity contribution in [2.45, 2.75) is 25.3 Å². The molecule has 1 atom stereocenters. The zero-order valence-corrected chi connectivity index (χ0v) is 15.5. The molecular weight excluding hydrogens is 378 g/mol. The van der Waals surface area contributed by atoms with Gasteiger partial charge in [-0.1, -0.05) is 11.6 Å². The molecule has 5 rings (SSSR count). The maximum Gasteiger partial charge on any atom is 0.247 e. The summed E-state index contributed by atoms with van der Waals surface area (Å²) in [6.45, 7) is 0.176. The van der Waals surface area contributed by atoms with Gasteiger partial charge in [-0.3, -0.25) is 0 Å². The van der Waals surface area contributed by atoms with Crippen LogP contribution in [0.3, 0.4) is 0 Å². The minimum Gasteiger partial charge on any atom is -0.454 e. The summed E-state index contributed by atoms with van der Waals surface area (Å²) in [5, 5.41) is 5.49. The first-order valence-corrected chi connectivity index (χ1v) is 10.6. The van der Waals surface area contributed by atoms with Crippen molar-refractivity contribution in [2.75, 3.05) is 13.0 Å². The van der Waals surface area contributed by atoms with Gasteiger partial charge in [0.15, 0.2) is 11.5 Å². The molecule has 1 aromatic heterocycles. The summed E-state index contributed by atoms with van der Waals surface area (Å²) in [6.07, 6.45) is 3.85. The fourth-order valence-electron chi connectivity index (χ4n) is 3.50. The molecular formula is C17H16ClN3O4S. The van der Waals surface area contributed by atoms with E-state index in [4.69, 9.17) is 21.1 Å². The Hall–Kier alpha value is -2.06. The Balaban J connectivity index is 1.61. The van der Waals surface area contributed by atoms with E-state index in [0.29, 0.717) is 34.9 Å². The van der Waals surface area contributed by atoms with E-state index in [9.17, 15) is 8.42 Å². The van der Waals surface area contributed by atoms with Crippen molar-refractivity contribution in [3.8, 4) is 11.5 Å². The molecule has 136 valence electrons. The number of sulfonamides is 1. The highest BCUT2D eigenvalue weighted by Crippen LogP contribution is 2.44. The monoisotopic (exact) mass is 393 g/mol. The second-order valence-electron chi connectivity index (χ2n) is 6.89. The summed E-state index contributed by atoms with van der Waals surface area (Å²) in [7, 11) is -3.50. The molecule has 0 N–H and O–H groups in total. The highest BCUT2D eigenvalue weighted by Gasteiger charge is 2.41. The van der Waals surface area contributed by atoms with Gasteiger partial charge in [-0.05, 0) is 30.9 Å². The molecule has 1 saturated carbocycles. The van der Waals surface area contributed by atoms with E-state index in [-0.39, 0.29) is 11.9 Å². The van der Waals surface area contributed by atoms with Crippen LogP contribution in [-0.4, -0.2) is 36.6 Å². The molecule has 1 aliphatic carbocycles. The summed E-state index contributed by atoms with van der Waals surface area (Å²) in [5.41, 5.74) is 2.26. The molecule has 1 fully saturated rings. The lowest BCUT2D eigenvalue weighted by atomic mass is 10.0. The Morgan fingerprint density at radius 3 is 2.62 bits per heavy atom. The first-order chi connectivity index (χ1) is 12.4. The molecule has 3 heterocycles. The minimum absolute atomic E-state index is 0.176. The molecule has 0 saturated heterocycles. The number of benzene rings is 1. The van der Waals surface area contributed by atoms with Crippen LogP contribution < -0.4 is 9.47 Å². The summed E-state index contributed by atoms with van der Waals surface area (Å²) >= 11 is 6.44. The van der Waals surface area contributed by atoms with Crippen LogP contribution >= 0.6 is 11.6 Å². The maximum atomic E-state index is 12.3. The fraction of sp³-hybridized carbons (Fsp3) is 0.412. The van der Waals surface area contributed by atoms with E-state index in [1.165, 1.54) is 10.7 Å². The van der Waals surface area contributed by atoms with Crippen molar-refractivity contribution >= 4 is 38.2 Å². The third kappa shape index (κ3) is 2.59. The van der Waals surface area contributed by atoms with Crippen molar-refractivity contribution in [2.24, 2.45) is 11.0 Å². The standard InChI is InChI=1S/C17H16ClN3O4S/c1-26(22,23)21-14(6-13(20-21)9-2-3-9)11-4-10-5-15-16(25-8-24-15)7-12(10)19-17(11)18/h4-5,7,9,14H,2-3,6,8H2,1H3/t14-/m0/s1. The molecule has 0 amide bonds. The minimum atomic E-state index is -3.50. The van der Waals surface area contributed by atoms with Gasteiger partial charge < -0.3 is 9.47 Å². The molecule has 0 spiro atoms. The fourth-order valence-corrected chi connectivity index (χ4v) is 4.68. The maximum absolute atomic E-state index is 12.3. The summed E-state index contributed by atoms with van der Waals surface area (Å²) in [5.74, 6) is 1.67. The van der Waals surface area contributed by atoms with Gasteiger partial charge in [-0.15, -0.1) is 0 Å². The molecule has 2 aromatic rings. The number of pyridine rings is 1. The molecule has 1 aromatic carbocycles. The van der Waals surface area contributed by atoms with Crippen molar-refractivity contribution in [3.05, 3.63) is 28.9 Å². The Kier molecular flexibility index (Phi) is 3.39. The number of hydrogen-bond acceptors (Lipinski definition) is 6. The smallest absolute Gasteiger partial charge is 0.247 e. The predicted molar refractivity (Wildman–Crippen MR) is 97.1 cm³/mol. The first-order valence-electron chi connectivity index (χ1n) is 8.37. The third-order valence-electron chi connectivity index (χ3n) is 4.93. The van der Waals surface area contributed by atoms with Crippen LogP contribution in [0.1, 0.15) is 30.9 Å². The van der Waals surface area contributed by atoms with Crippen molar-refractivity contribution in [1.29, 1.82) is 0 Å². The zero-order valence-electron chi connectivity index (χ0n) is 14.0. The Morgan fingerprint density at radius 1 is 1.19 bits per heavy atom. The lowest BCUT2D eigenvalue weighted by molar-refractivity contribution is 0.174. The highest BCUT2D eigenvalue weighted by molar-refractivity contribution is 7.88. The lowest BCUT2D eigenvalue weighted by Gasteiger charge is -2.22. The average molecular weight is 394 g/mol. The molecule has 26 heavy (non-hydrogen) atoms. The molecule has 0 bridgehead atoms. The van der Waals surface area contributed by atoms with Crippen LogP contribution in [0.4, 0.5) is 0 Å². The second kappa shape index (κ2) is 5.47. The highest BCUT2D eigenvalue weighted by atomic mass is 35.5. The largest absolute Gasteiger partial charge is 0.454 e. The number of nitrogens with zero attached hydrogens (tertiary/aromatic N) is 3. The van der Waals surface area contributed by atoms with E-state index in [1.54, 1.807) is 6.07 Å². The third-order valence-corrected chi connectivity index (χ3v) is 6.25. The van der Waals surface area contributed by atoms with E-state index in [0.717, 1.165) is 23.9 Å². The summed E-state index contributed by atoms with van der Waals surface area (Å²) in [4.78, 5) is 4.46. The van der Waals surface area contributed by atoms with Crippen LogP contribution in [-0.2, 0) is 10.0 Å². The number of rotatable bonds is 3. The van der Waals surface area contributed by atoms with Crippen LogP contribution in [0, 0.1) is 5.92 Å². The van der Waals surface area contributed by atoms with Gasteiger partial charge in [0.2, 0.25) is 16.8 Å². The summed E-state index contributed by atoms with van der Waals surface area (Å²) in [6, 6.07) is 5.03. The van der Waals surface area contributed by atoms with E-state index >= 15 is 0 Å². The van der Waals surface area contributed by atoms with Gasteiger partial charge in [0.25, 0.3) is 0 Å². The molecule has 7 nitrogen and oxygen atoms in total. The number of aromatic nitrogens is 1.